The lowest BCUT2D eigenvalue weighted by Crippen LogP contribution is -2.22. The minimum absolute atomic E-state index is 0.158. The van der Waals surface area contributed by atoms with Crippen molar-refractivity contribution in [2.75, 3.05) is 5.32 Å². The van der Waals surface area contributed by atoms with Crippen LogP contribution in [0.25, 0.3) is 33.5 Å². The molecule has 0 saturated heterocycles. The van der Waals surface area contributed by atoms with E-state index in [0.29, 0.717) is 0 Å². The summed E-state index contributed by atoms with van der Waals surface area (Å²) in [5.41, 5.74) is 15.7. The van der Waals surface area contributed by atoms with Gasteiger partial charge in [-0.05, 0) is 76.2 Å². The van der Waals surface area contributed by atoms with Gasteiger partial charge in [0, 0.05) is 10.9 Å². The standard InChI is InChI=1S/C28H21N.C14H14/c1-18-10-12-21(13-11-18)26-24-16-14-19-6-2-4-8-22(19)27(24)29-28-23-9-5-3-7-20(23)15-17-25(26)28;1-11-7-3-5-9-13(11)14-10-6-4-8-12(14)2/h2-17,27,29H,1H3;3-10H,1-2H3. The summed E-state index contributed by atoms with van der Waals surface area (Å²) in [7, 11) is 0. The van der Waals surface area contributed by atoms with Crippen LogP contribution in [0.15, 0.2) is 145 Å². The van der Waals surface area contributed by atoms with Crippen LogP contribution >= 0.6 is 0 Å². The maximum atomic E-state index is 3.90. The number of benzene rings is 6. The molecule has 1 heteroatoms. The van der Waals surface area contributed by atoms with E-state index in [1.54, 1.807) is 0 Å². The number of nitrogens with one attached hydrogen (secondary N) is 1. The number of anilines is 1. The van der Waals surface area contributed by atoms with Gasteiger partial charge in [-0.1, -0.05) is 151 Å². The van der Waals surface area contributed by atoms with Gasteiger partial charge in [-0.15, -0.1) is 0 Å². The molecule has 0 radical (unpaired) electrons. The summed E-state index contributed by atoms with van der Waals surface area (Å²) in [6, 6.07) is 48.0. The van der Waals surface area contributed by atoms with Crippen LogP contribution in [0.1, 0.15) is 45.0 Å². The summed E-state index contributed by atoms with van der Waals surface area (Å²) in [6.45, 7) is 6.45. The number of hydrogen-bond donors (Lipinski definition) is 1. The second-order valence-corrected chi connectivity index (χ2v) is 11.6. The third kappa shape index (κ3) is 4.98. The highest BCUT2D eigenvalue weighted by Crippen LogP contribution is 2.48. The van der Waals surface area contributed by atoms with Crippen molar-refractivity contribution in [1.29, 1.82) is 0 Å². The second kappa shape index (κ2) is 11.3. The molecule has 0 bridgehead atoms. The van der Waals surface area contributed by atoms with Crippen molar-refractivity contribution in [2.45, 2.75) is 26.8 Å². The first-order valence-corrected chi connectivity index (χ1v) is 15.1. The highest BCUT2D eigenvalue weighted by Gasteiger charge is 2.31. The van der Waals surface area contributed by atoms with Crippen LogP contribution in [0.4, 0.5) is 5.69 Å². The Labute approximate surface area is 254 Å². The van der Waals surface area contributed by atoms with Gasteiger partial charge in [0.2, 0.25) is 0 Å². The zero-order chi connectivity index (χ0) is 29.3. The molecule has 0 amide bonds. The van der Waals surface area contributed by atoms with E-state index in [-0.39, 0.29) is 6.04 Å². The van der Waals surface area contributed by atoms with Gasteiger partial charge in [0.25, 0.3) is 0 Å². The third-order valence-electron chi connectivity index (χ3n) is 8.76. The summed E-state index contributed by atoms with van der Waals surface area (Å²) < 4.78 is 0. The Morgan fingerprint density at radius 2 is 1.14 bits per heavy atom. The van der Waals surface area contributed by atoms with Crippen LogP contribution in [-0.4, -0.2) is 0 Å². The average molecular weight is 554 g/mol. The van der Waals surface area contributed by atoms with E-state index in [2.05, 4.69) is 172 Å². The SMILES string of the molecule is Cc1ccc(C2=C3C=Cc4ccccc4C3Nc3c2ccc2ccccc32)cc1.Cc1ccccc1-c1ccccc1C. The topological polar surface area (TPSA) is 12.0 Å². The fourth-order valence-electron chi connectivity index (χ4n) is 6.48. The third-order valence-corrected chi connectivity index (χ3v) is 8.76. The largest absolute Gasteiger partial charge is 0.373 e. The Kier molecular flexibility index (Phi) is 7.01. The molecule has 1 unspecified atom stereocenters. The quantitative estimate of drug-likeness (QED) is 0.225. The molecule has 1 nitrogen and oxygen atoms in total. The second-order valence-electron chi connectivity index (χ2n) is 11.6. The van der Waals surface area contributed by atoms with Crippen LogP contribution < -0.4 is 5.32 Å². The monoisotopic (exact) mass is 553 g/mol. The zero-order valence-corrected chi connectivity index (χ0v) is 24.9. The van der Waals surface area contributed by atoms with E-state index in [1.807, 2.05) is 0 Å². The number of aryl methyl sites for hydroxylation is 3. The highest BCUT2D eigenvalue weighted by molar-refractivity contribution is 6.05. The van der Waals surface area contributed by atoms with Crippen molar-refractivity contribution in [2.24, 2.45) is 0 Å². The maximum Gasteiger partial charge on any atom is 0.0779 e. The van der Waals surface area contributed by atoms with Crippen LogP contribution in [0.2, 0.25) is 0 Å². The van der Waals surface area contributed by atoms with Crippen LogP contribution in [0, 0.1) is 20.8 Å². The van der Waals surface area contributed by atoms with Gasteiger partial charge in [-0.2, -0.15) is 0 Å². The molecule has 6 aromatic rings. The van der Waals surface area contributed by atoms with Crippen molar-refractivity contribution >= 4 is 28.1 Å². The minimum Gasteiger partial charge on any atom is -0.373 e. The molecule has 8 rings (SSSR count). The number of hydrogen-bond acceptors (Lipinski definition) is 1. The molecule has 1 aliphatic heterocycles. The van der Waals surface area contributed by atoms with Crippen molar-refractivity contribution in [3.05, 3.63) is 184 Å². The first-order chi connectivity index (χ1) is 21.1. The fourth-order valence-corrected chi connectivity index (χ4v) is 6.48. The van der Waals surface area contributed by atoms with E-state index < -0.39 is 0 Å². The van der Waals surface area contributed by atoms with E-state index in [9.17, 15) is 0 Å². The Bertz CT molecular complexity index is 1980. The van der Waals surface area contributed by atoms with Gasteiger partial charge < -0.3 is 5.32 Å². The lowest BCUT2D eigenvalue weighted by Gasteiger charge is -2.35. The van der Waals surface area contributed by atoms with Crippen molar-refractivity contribution in [3.63, 3.8) is 0 Å². The van der Waals surface area contributed by atoms with Crippen LogP contribution in [0.5, 0.6) is 0 Å². The molecule has 0 spiro atoms. The molecule has 1 N–H and O–H groups in total. The van der Waals surface area contributed by atoms with Crippen molar-refractivity contribution < 1.29 is 0 Å². The molecule has 208 valence electrons. The maximum absolute atomic E-state index is 3.90. The molecular weight excluding hydrogens is 518 g/mol. The number of rotatable bonds is 2. The summed E-state index contributed by atoms with van der Waals surface area (Å²) in [5, 5.41) is 6.45. The Morgan fingerprint density at radius 3 is 1.86 bits per heavy atom. The first kappa shape index (κ1) is 26.7. The summed E-state index contributed by atoms with van der Waals surface area (Å²) >= 11 is 0. The molecule has 0 saturated carbocycles. The summed E-state index contributed by atoms with van der Waals surface area (Å²) in [5.74, 6) is 0. The molecule has 1 atom stereocenters. The highest BCUT2D eigenvalue weighted by atomic mass is 14.9. The predicted molar refractivity (Wildman–Crippen MR) is 184 cm³/mol. The number of fused-ring (bicyclic) bond motifs is 6. The molecule has 1 aliphatic carbocycles. The Morgan fingerprint density at radius 1 is 0.512 bits per heavy atom. The van der Waals surface area contributed by atoms with Crippen LogP contribution in [0.3, 0.4) is 0 Å². The fraction of sp³-hybridized carbons (Fsp3) is 0.0952. The molecule has 43 heavy (non-hydrogen) atoms. The van der Waals surface area contributed by atoms with E-state index in [0.717, 1.165) is 0 Å². The summed E-state index contributed by atoms with van der Waals surface area (Å²) in [4.78, 5) is 0. The molecule has 1 heterocycles. The molecule has 2 aliphatic rings. The predicted octanol–water partition coefficient (Wildman–Crippen LogP) is 11.1. The van der Waals surface area contributed by atoms with Gasteiger partial charge in [0.1, 0.15) is 0 Å². The Hall–Kier alpha value is -5.14. The van der Waals surface area contributed by atoms with E-state index >= 15 is 0 Å². The molecular formula is C42H35N. The van der Waals surface area contributed by atoms with Gasteiger partial charge >= 0.3 is 0 Å². The van der Waals surface area contributed by atoms with Crippen LogP contribution in [-0.2, 0) is 0 Å². The molecule has 6 aromatic carbocycles. The van der Waals surface area contributed by atoms with Gasteiger partial charge in [0.15, 0.2) is 0 Å². The Balaban J connectivity index is 0.000000180. The summed E-state index contributed by atoms with van der Waals surface area (Å²) in [6.07, 6.45) is 4.55. The van der Waals surface area contributed by atoms with Gasteiger partial charge in [-0.3, -0.25) is 0 Å². The zero-order valence-electron chi connectivity index (χ0n) is 24.9. The first-order valence-electron chi connectivity index (χ1n) is 15.1. The minimum atomic E-state index is 0.158. The lowest BCUT2D eigenvalue weighted by molar-refractivity contribution is 0.920. The van der Waals surface area contributed by atoms with Crippen molar-refractivity contribution in [3.8, 4) is 11.1 Å². The molecule has 0 fully saturated rings. The molecule has 0 aromatic heterocycles. The smallest absolute Gasteiger partial charge is 0.0779 e. The average Bonchev–Trinajstić information content (AvgIpc) is 3.05. The lowest BCUT2D eigenvalue weighted by atomic mass is 9.78. The van der Waals surface area contributed by atoms with E-state index in [4.69, 9.17) is 0 Å². The normalized spacial score (nSPS) is 14.6. The van der Waals surface area contributed by atoms with E-state index in [1.165, 1.54) is 77.7 Å². The van der Waals surface area contributed by atoms with Gasteiger partial charge in [-0.25, -0.2) is 0 Å². The van der Waals surface area contributed by atoms with Gasteiger partial charge in [0.05, 0.1) is 11.7 Å². The van der Waals surface area contributed by atoms with Crippen molar-refractivity contribution in [1.82, 2.24) is 0 Å².